The summed E-state index contributed by atoms with van der Waals surface area (Å²) in [6.07, 6.45) is 4.79. The Morgan fingerprint density at radius 2 is 2.00 bits per heavy atom. The van der Waals surface area contributed by atoms with Gasteiger partial charge in [-0.3, -0.25) is 4.68 Å². The van der Waals surface area contributed by atoms with Crippen LogP contribution >= 0.6 is 23.2 Å². The van der Waals surface area contributed by atoms with Gasteiger partial charge in [0.15, 0.2) is 0 Å². The average molecular weight is 367 g/mol. The number of halogens is 2. The number of carbonyl (C=O) groups excluding carboxylic acids is 1. The van der Waals surface area contributed by atoms with Crippen molar-refractivity contribution in [1.29, 1.82) is 0 Å². The quantitative estimate of drug-likeness (QED) is 0.829. The summed E-state index contributed by atoms with van der Waals surface area (Å²) >= 11 is 12.3. The van der Waals surface area contributed by atoms with Crippen molar-refractivity contribution >= 4 is 34.9 Å². The number of urea groups is 1. The summed E-state index contributed by atoms with van der Waals surface area (Å²) in [5, 5.41) is 8.23. The van der Waals surface area contributed by atoms with Gasteiger partial charge in [-0.1, -0.05) is 23.2 Å². The van der Waals surface area contributed by atoms with E-state index >= 15 is 0 Å². The number of piperidine rings is 1. The van der Waals surface area contributed by atoms with Crippen molar-refractivity contribution in [3.05, 3.63) is 45.7 Å². The van der Waals surface area contributed by atoms with Crippen LogP contribution in [0.1, 0.15) is 36.6 Å². The number of nitrogens with one attached hydrogen (secondary N) is 1. The first kappa shape index (κ1) is 17.1. The fourth-order valence-corrected chi connectivity index (χ4v) is 3.59. The van der Waals surface area contributed by atoms with Gasteiger partial charge in [0.05, 0.1) is 11.7 Å². The topological polar surface area (TPSA) is 50.2 Å². The van der Waals surface area contributed by atoms with Gasteiger partial charge in [0, 0.05) is 35.5 Å². The standard InChI is InChI=1S/C17H20Cl2N4O/c1-11-13(18)9-12(10-14(11)19)21-17(24)23-8-4-3-5-16(23)15-6-7-20-22(15)2/h6-7,9-10,16H,3-5,8H2,1-2H3,(H,21,24). The second-order valence-corrected chi connectivity index (χ2v) is 6.89. The molecule has 1 aliphatic rings. The average Bonchev–Trinajstić information content (AvgIpc) is 2.98. The first-order chi connectivity index (χ1) is 11.5. The van der Waals surface area contributed by atoms with Gasteiger partial charge in [-0.15, -0.1) is 0 Å². The van der Waals surface area contributed by atoms with Gasteiger partial charge in [0.1, 0.15) is 0 Å². The van der Waals surface area contributed by atoms with E-state index in [0.717, 1.165) is 37.1 Å². The minimum absolute atomic E-state index is 0.0302. The fraction of sp³-hybridized carbons (Fsp3) is 0.412. The zero-order valence-corrected chi connectivity index (χ0v) is 15.2. The number of aromatic nitrogens is 2. The second-order valence-electron chi connectivity index (χ2n) is 6.08. The van der Waals surface area contributed by atoms with E-state index in [1.54, 1.807) is 18.3 Å². The lowest BCUT2D eigenvalue weighted by Crippen LogP contribution is -2.41. The van der Waals surface area contributed by atoms with Crippen LogP contribution in [0.25, 0.3) is 0 Å². The summed E-state index contributed by atoms with van der Waals surface area (Å²) in [7, 11) is 1.90. The van der Waals surface area contributed by atoms with Crippen LogP contribution in [0.5, 0.6) is 0 Å². The van der Waals surface area contributed by atoms with Crippen LogP contribution in [0.4, 0.5) is 10.5 Å². The molecule has 5 nitrogen and oxygen atoms in total. The highest BCUT2D eigenvalue weighted by atomic mass is 35.5. The number of carbonyl (C=O) groups is 1. The molecule has 1 aromatic heterocycles. The van der Waals surface area contributed by atoms with Crippen molar-refractivity contribution in [3.8, 4) is 0 Å². The Morgan fingerprint density at radius 1 is 1.29 bits per heavy atom. The molecule has 1 N–H and O–H groups in total. The lowest BCUT2D eigenvalue weighted by Gasteiger charge is -2.35. The monoisotopic (exact) mass is 366 g/mol. The number of anilines is 1. The normalized spacial score (nSPS) is 17.8. The van der Waals surface area contributed by atoms with Gasteiger partial charge in [0.2, 0.25) is 0 Å². The number of amides is 2. The first-order valence-electron chi connectivity index (χ1n) is 7.98. The molecule has 1 atom stereocenters. The van der Waals surface area contributed by atoms with Crippen molar-refractivity contribution in [2.75, 3.05) is 11.9 Å². The molecule has 0 saturated carbocycles. The highest BCUT2D eigenvalue weighted by molar-refractivity contribution is 6.36. The number of hydrogen-bond donors (Lipinski definition) is 1. The molecule has 0 radical (unpaired) electrons. The molecule has 128 valence electrons. The van der Waals surface area contributed by atoms with Crippen LogP contribution in [0.2, 0.25) is 10.0 Å². The Bertz CT molecular complexity index is 736. The number of hydrogen-bond acceptors (Lipinski definition) is 2. The molecular weight excluding hydrogens is 347 g/mol. The van der Waals surface area contributed by atoms with Crippen molar-refractivity contribution < 1.29 is 4.79 Å². The molecule has 1 unspecified atom stereocenters. The molecule has 1 aliphatic heterocycles. The molecule has 2 heterocycles. The molecular formula is C17H20Cl2N4O. The smallest absolute Gasteiger partial charge is 0.316 e. The molecule has 24 heavy (non-hydrogen) atoms. The highest BCUT2D eigenvalue weighted by Crippen LogP contribution is 2.32. The second kappa shape index (κ2) is 7.03. The molecule has 2 aromatic rings. The molecule has 0 bridgehead atoms. The third-order valence-corrected chi connectivity index (χ3v) is 5.28. The molecule has 1 saturated heterocycles. The van der Waals surface area contributed by atoms with E-state index in [-0.39, 0.29) is 12.1 Å². The van der Waals surface area contributed by atoms with Crippen LogP contribution in [-0.2, 0) is 7.05 Å². The van der Waals surface area contributed by atoms with E-state index in [1.165, 1.54) is 0 Å². The van der Waals surface area contributed by atoms with Crippen LogP contribution < -0.4 is 5.32 Å². The summed E-state index contributed by atoms with van der Waals surface area (Å²) in [5.41, 5.74) is 2.46. The third kappa shape index (κ3) is 3.37. The van der Waals surface area contributed by atoms with E-state index in [4.69, 9.17) is 23.2 Å². The largest absolute Gasteiger partial charge is 0.322 e. The highest BCUT2D eigenvalue weighted by Gasteiger charge is 2.29. The van der Waals surface area contributed by atoms with Crippen molar-refractivity contribution in [2.24, 2.45) is 7.05 Å². The third-order valence-electron chi connectivity index (χ3n) is 4.50. The lowest BCUT2D eigenvalue weighted by atomic mass is 9.99. The van der Waals surface area contributed by atoms with E-state index in [9.17, 15) is 4.79 Å². The SMILES string of the molecule is Cc1c(Cl)cc(NC(=O)N2CCCCC2c2ccnn2C)cc1Cl. The van der Waals surface area contributed by atoms with Crippen LogP contribution in [0, 0.1) is 6.92 Å². The summed E-state index contributed by atoms with van der Waals surface area (Å²) in [6.45, 7) is 2.56. The Labute approximate surface area is 151 Å². The van der Waals surface area contributed by atoms with Crippen LogP contribution in [0.15, 0.2) is 24.4 Å². The van der Waals surface area contributed by atoms with E-state index < -0.39 is 0 Å². The minimum Gasteiger partial charge on any atom is -0.316 e. The Morgan fingerprint density at radius 3 is 2.62 bits per heavy atom. The summed E-state index contributed by atoms with van der Waals surface area (Å²) in [4.78, 5) is 14.7. The molecule has 7 heteroatoms. The maximum atomic E-state index is 12.8. The van der Waals surface area contributed by atoms with Crippen molar-refractivity contribution in [3.63, 3.8) is 0 Å². The maximum absolute atomic E-state index is 12.8. The van der Waals surface area contributed by atoms with Crippen molar-refractivity contribution in [2.45, 2.75) is 32.2 Å². The predicted octanol–water partition coefficient (Wildman–Crippen LogP) is 4.79. The molecule has 0 spiro atoms. The van der Waals surface area contributed by atoms with Gasteiger partial charge < -0.3 is 10.2 Å². The van der Waals surface area contributed by atoms with E-state index in [2.05, 4.69) is 10.4 Å². The van der Waals surface area contributed by atoms with Gasteiger partial charge >= 0.3 is 6.03 Å². The van der Waals surface area contributed by atoms with Crippen LogP contribution in [-0.4, -0.2) is 27.3 Å². The molecule has 0 aliphatic carbocycles. The van der Waals surface area contributed by atoms with Crippen LogP contribution in [0.3, 0.4) is 0 Å². The molecule has 3 rings (SSSR count). The summed E-state index contributed by atoms with van der Waals surface area (Å²) in [6, 6.07) is 5.31. The van der Waals surface area contributed by atoms with Gasteiger partial charge in [-0.25, -0.2) is 4.79 Å². The van der Waals surface area contributed by atoms with Crippen molar-refractivity contribution in [1.82, 2.24) is 14.7 Å². The number of benzene rings is 1. The summed E-state index contributed by atoms with van der Waals surface area (Å²) in [5.74, 6) is 0. The molecule has 1 aromatic carbocycles. The molecule has 1 fully saturated rings. The number of likely N-dealkylation sites (tertiary alicyclic amines) is 1. The Hall–Kier alpha value is -1.72. The maximum Gasteiger partial charge on any atom is 0.322 e. The zero-order valence-electron chi connectivity index (χ0n) is 13.7. The lowest BCUT2D eigenvalue weighted by molar-refractivity contribution is 0.159. The predicted molar refractivity (Wildman–Crippen MR) is 96.7 cm³/mol. The minimum atomic E-state index is -0.142. The van der Waals surface area contributed by atoms with Gasteiger partial charge in [0.25, 0.3) is 0 Å². The van der Waals surface area contributed by atoms with Gasteiger partial charge in [-0.05, 0) is 49.9 Å². The Kier molecular flexibility index (Phi) is 5.01. The zero-order chi connectivity index (χ0) is 17.3. The summed E-state index contributed by atoms with van der Waals surface area (Å²) < 4.78 is 1.83. The molecule has 2 amide bonds. The fourth-order valence-electron chi connectivity index (χ4n) is 3.11. The van der Waals surface area contributed by atoms with E-state index in [0.29, 0.717) is 15.7 Å². The number of aryl methyl sites for hydroxylation is 1. The van der Waals surface area contributed by atoms with Gasteiger partial charge in [-0.2, -0.15) is 5.10 Å². The Balaban J connectivity index is 1.81. The number of nitrogens with zero attached hydrogens (tertiary/aromatic N) is 3. The number of rotatable bonds is 2. The van der Waals surface area contributed by atoms with E-state index in [1.807, 2.05) is 29.6 Å². The first-order valence-corrected chi connectivity index (χ1v) is 8.74.